The minimum atomic E-state index is -0.155. The summed E-state index contributed by atoms with van der Waals surface area (Å²) >= 11 is 0. The number of urea groups is 1. The molecule has 0 radical (unpaired) electrons. The number of likely N-dealkylation sites (tertiary alicyclic amines) is 1. The standard InChI is InChI=1S/C15H26N6O2/c1-4-16-15(23)21-9-6-5-7-12(21)8-10-20-11-13(17-18-20)14(22)19(2)3/h11-12H,4-10H2,1-3H3,(H,16,23). The molecule has 1 aromatic heterocycles. The Hall–Kier alpha value is -2.12. The summed E-state index contributed by atoms with van der Waals surface area (Å²) < 4.78 is 1.68. The van der Waals surface area contributed by atoms with E-state index in [-0.39, 0.29) is 18.0 Å². The molecule has 3 amide bonds. The fourth-order valence-corrected chi connectivity index (χ4v) is 2.84. The number of aryl methyl sites for hydroxylation is 1. The molecule has 1 saturated heterocycles. The largest absolute Gasteiger partial charge is 0.343 e. The first kappa shape index (κ1) is 17.2. The maximum atomic E-state index is 12.1. The molecule has 0 spiro atoms. The molecule has 0 saturated carbocycles. The number of nitrogens with one attached hydrogen (secondary N) is 1. The quantitative estimate of drug-likeness (QED) is 0.875. The van der Waals surface area contributed by atoms with Gasteiger partial charge in [0.25, 0.3) is 5.91 Å². The van der Waals surface area contributed by atoms with E-state index in [0.717, 1.165) is 32.2 Å². The number of carbonyl (C=O) groups excluding carboxylic acids is 2. The summed E-state index contributed by atoms with van der Waals surface area (Å²) in [5, 5.41) is 10.8. The Kier molecular flexibility index (Phi) is 5.95. The lowest BCUT2D eigenvalue weighted by molar-refractivity contribution is 0.0822. The van der Waals surface area contributed by atoms with E-state index in [1.165, 1.54) is 4.90 Å². The van der Waals surface area contributed by atoms with E-state index in [9.17, 15) is 9.59 Å². The van der Waals surface area contributed by atoms with Crippen molar-refractivity contribution in [3.05, 3.63) is 11.9 Å². The van der Waals surface area contributed by atoms with Crippen molar-refractivity contribution in [1.82, 2.24) is 30.1 Å². The molecule has 1 N–H and O–H groups in total. The van der Waals surface area contributed by atoms with Crippen LogP contribution >= 0.6 is 0 Å². The Balaban J connectivity index is 1.93. The van der Waals surface area contributed by atoms with Gasteiger partial charge in [0.1, 0.15) is 0 Å². The zero-order valence-corrected chi connectivity index (χ0v) is 14.2. The predicted molar refractivity (Wildman–Crippen MR) is 86.1 cm³/mol. The van der Waals surface area contributed by atoms with Gasteiger partial charge in [-0.25, -0.2) is 4.79 Å². The van der Waals surface area contributed by atoms with Gasteiger partial charge in [0.05, 0.1) is 6.20 Å². The van der Waals surface area contributed by atoms with Gasteiger partial charge in [-0.1, -0.05) is 5.21 Å². The number of aromatic nitrogens is 3. The average molecular weight is 322 g/mol. The third-order valence-corrected chi connectivity index (χ3v) is 4.07. The van der Waals surface area contributed by atoms with Crippen molar-refractivity contribution in [1.29, 1.82) is 0 Å². The van der Waals surface area contributed by atoms with Gasteiger partial charge in [0.2, 0.25) is 0 Å². The van der Waals surface area contributed by atoms with Crippen LogP contribution in [0.25, 0.3) is 0 Å². The van der Waals surface area contributed by atoms with Crippen LogP contribution in [0.4, 0.5) is 4.79 Å². The Morgan fingerprint density at radius 1 is 1.39 bits per heavy atom. The Morgan fingerprint density at radius 2 is 2.17 bits per heavy atom. The minimum absolute atomic E-state index is 0.0132. The third kappa shape index (κ3) is 4.43. The van der Waals surface area contributed by atoms with E-state index in [0.29, 0.717) is 18.8 Å². The van der Waals surface area contributed by atoms with Crippen molar-refractivity contribution in [2.24, 2.45) is 0 Å². The van der Waals surface area contributed by atoms with Gasteiger partial charge in [0, 0.05) is 39.8 Å². The van der Waals surface area contributed by atoms with Crippen LogP contribution < -0.4 is 5.32 Å². The van der Waals surface area contributed by atoms with Gasteiger partial charge in [-0.05, 0) is 32.6 Å². The Bertz CT molecular complexity index is 542. The first-order valence-electron chi connectivity index (χ1n) is 8.19. The molecule has 2 rings (SSSR count). The molecular weight excluding hydrogens is 296 g/mol. The average Bonchev–Trinajstić information content (AvgIpc) is 3.01. The van der Waals surface area contributed by atoms with E-state index in [4.69, 9.17) is 0 Å². The number of piperidine rings is 1. The van der Waals surface area contributed by atoms with Gasteiger partial charge in [-0.2, -0.15) is 0 Å². The molecule has 0 bridgehead atoms. The second-order valence-corrected chi connectivity index (χ2v) is 6.03. The summed E-state index contributed by atoms with van der Waals surface area (Å²) in [7, 11) is 3.38. The molecule has 1 atom stereocenters. The normalized spacial score (nSPS) is 17.9. The summed E-state index contributed by atoms with van der Waals surface area (Å²) in [6.07, 6.45) is 5.69. The summed E-state index contributed by atoms with van der Waals surface area (Å²) in [6.45, 7) is 4.02. The molecule has 2 heterocycles. The fourth-order valence-electron chi connectivity index (χ4n) is 2.84. The summed E-state index contributed by atoms with van der Waals surface area (Å²) in [6, 6.07) is 0.228. The lowest BCUT2D eigenvalue weighted by atomic mass is 10.00. The lowest BCUT2D eigenvalue weighted by Gasteiger charge is -2.35. The molecular formula is C15H26N6O2. The van der Waals surface area contributed by atoms with E-state index in [1.54, 1.807) is 25.0 Å². The molecule has 1 aromatic rings. The highest BCUT2D eigenvalue weighted by Crippen LogP contribution is 2.20. The van der Waals surface area contributed by atoms with Crippen LogP contribution in [0.1, 0.15) is 43.1 Å². The summed E-state index contributed by atoms with van der Waals surface area (Å²) in [5.41, 5.74) is 0.347. The summed E-state index contributed by atoms with van der Waals surface area (Å²) in [5.74, 6) is -0.155. The van der Waals surface area contributed by atoms with Crippen LogP contribution in [0.5, 0.6) is 0 Å². The molecule has 0 aromatic carbocycles. The van der Waals surface area contributed by atoms with E-state index in [2.05, 4.69) is 15.6 Å². The van der Waals surface area contributed by atoms with E-state index < -0.39 is 0 Å². The van der Waals surface area contributed by atoms with Crippen LogP contribution in [-0.4, -0.2) is 70.0 Å². The van der Waals surface area contributed by atoms with Crippen LogP contribution in [-0.2, 0) is 6.54 Å². The minimum Gasteiger partial charge on any atom is -0.343 e. The SMILES string of the molecule is CCNC(=O)N1CCCCC1CCn1cc(C(=O)N(C)C)nn1. The van der Waals surface area contributed by atoms with Crippen molar-refractivity contribution in [2.75, 3.05) is 27.2 Å². The van der Waals surface area contributed by atoms with Crippen LogP contribution in [0.15, 0.2) is 6.20 Å². The predicted octanol–water partition coefficient (Wildman–Crippen LogP) is 0.954. The number of carbonyl (C=O) groups is 2. The Morgan fingerprint density at radius 3 is 2.87 bits per heavy atom. The zero-order chi connectivity index (χ0) is 16.8. The highest BCUT2D eigenvalue weighted by Gasteiger charge is 2.26. The number of hydrogen-bond donors (Lipinski definition) is 1. The van der Waals surface area contributed by atoms with Crippen molar-refractivity contribution in [3.63, 3.8) is 0 Å². The van der Waals surface area contributed by atoms with Crippen molar-refractivity contribution < 1.29 is 9.59 Å². The van der Waals surface area contributed by atoms with Gasteiger partial charge in [-0.15, -0.1) is 5.10 Å². The van der Waals surface area contributed by atoms with Crippen LogP contribution in [0.2, 0.25) is 0 Å². The molecule has 1 aliphatic heterocycles. The maximum Gasteiger partial charge on any atom is 0.317 e. The van der Waals surface area contributed by atoms with E-state index in [1.807, 2.05) is 11.8 Å². The zero-order valence-electron chi connectivity index (χ0n) is 14.2. The number of rotatable bonds is 5. The highest BCUT2D eigenvalue weighted by molar-refractivity contribution is 5.91. The monoisotopic (exact) mass is 322 g/mol. The molecule has 8 nitrogen and oxygen atoms in total. The molecule has 1 fully saturated rings. The van der Waals surface area contributed by atoms with Gasteiger partial charge in [0.15, 0.2) is 5.69 Å². The smallest absolute Gasteiger partial charge is 0.317 e. The van der Waals surface area contributed by atoms with Gasteiger partial charge >= 0.3 is 6.03 Å². The van der Waals surface area contributed by atoms with Crippen molar-refractivity contribution >= 4 is 11.9 Å². The first-order chi connectivity index (χ1) is 11.0. The second-order valence-electron chi connectivity index (χ2n) is 6.03. The molecule has 1 unspecified atom stereocenters. The lowest BCUT2D eigenvalue weighted by Crippen LogP contribution is -2.48. The Labute approximate surface area is 136 Å². The number of amides is 3. The third-order valence-electron chi connectivity index (χ3n) is 4.07. The maximum absolute atomic E-state index is 12.1. The topological polar surface area (TPSA) is 83.4 Å². The molecule has 0 aliphatic carbocycles. The van der Waals surface area contributed by atoms with E-state index >= 15 is 0 Å². The fraction of sp³-hybridized carbons (Fsp3) is 0.733. The molecule has 1 aliphatic rings. The molecule has 128 valence electrons. The van der Waals surface area contributed by atoms with Crippen molar-refractivity contribution in [2.45, 2.75) is 45.2 Å². The summed E-state index contributed by atoms with van der Waals surface area (Å²) in [4.78, 5) is 27.3. The number of nitrogens with zero attached hydrogens (tertiary/aromatic N) is 5. The molecule has 8 heteroatoms. The first-order valence-corrected chi connectivity index (χ1v) is 8.19. The van der Waals surface area contributed by atoms with Crippen LogP contribution in [0.3, 0.4) is 0 Å². The van der Waals surface area contributed by atoms with Crippen molar-refractivity contribution in [3.8, 4) is 0 Å². The second kappa shape index (κ2) is 7.94. The van der Waals surface area contributed by atoms with Crippen LogP contribution in [0, 0.1) is 0 Å². The highest BCUT2D eigenvalue weighted by atomic mass is 16.2. The molecule has 23 heavy (non-hydrogen) atoms. The number of hydrogen-bond acceptors (Lipinski definition) is 4. The van der Waals surface area contributed by atoms with Gasteiger partial charge in [-0.3, -0.25) is 9.48 Å². The van der Waals surface area contributed by atoms with Gasteiger partial charge < -0.3 is 15.1 Å².